The van der Waals surface area contributed by atoms with Crippen LogP contribution in [0.2, 0.25) is 0 Å². The molecule has 17 heavy (non-hydrogen) atoms. The summed E-state index contributed by atoms with van der Waals surface area (Å²) < 4.78 is 0. The van der Waals surface area contributed by atoms with Crippen LogP contribution >= 0.6 is 11.8 Å². The minimum atomic E-state index is 0.202. The molecule has 0 rings (SSSR count). The maximum Gasteiger partial charge on any atom is 0.209 e. The van der Waals surface area contributed by atoms with Crippen molar-refractivity contribution in [3.8, 4) is 0 Å². The first kappa shape index (κ1) is 16.8. The van der Waals surface area contributed by atoms with Crippen LogP contribution in [0.4, 0.5) is 0 Å². The molecule has 2 nitrogen and oxygen atoms in total. The highest BCUT2D eigenvalue weighted by Crippen LogP contribution is 2.36. The van der Waals surface area contributed by atoms with Crippen molar-refractivity contribution in [3.05, 3.63) is 0 Å². The van der Waals surface area contributed by atoms with E-state index in [1.807, 2.05) is 16.7 Å². The Balaban J connectivity index is 4.76. The molecule has 0 fully saturated rings. The number of carbonyl (C=O) groups is 1. The summed E-state index contributed by atoms with van der Waals surface area (Å²) in [4.78, 5) is 13.0. The molecule has 0 aliphatic carbocycles. The number of amides is 1. The van der Waals surface area contributed by atoms with Crippen molar-refractivity contribution in [2.24, 2.45) is 11.3 Å². The first-order valence-electron chi connectivity index (χ1n) is 6.50. The molecule has 0 spiro atoms. The number of rotatable bonds is 8. The lowest BCUT2D eigenvalue weighted by molar-refractivity contribution is -0.121. The quantitative estimate of drug-likeness (QED) is 0.620. The fourth-order valence-corrected chi connectivity index (χ4v) is 2.53. The van der Waals surface area contributed by atoms with Crippen LogP contribution in [0.25, 0.3) is 0 Å². The Morgan fingerprint density at radius 2 is 1.76 bits per heavy atom. The van der Waals surface area contributed by atoms with E-state index < -0.39 is 0 Å². The number of carbonyl (C=O) groups excluding carboxylic acids is 1. The molecule has 0 aromatic carbocycles. The molecule has 102 valence electrons. The van der Waals surface area contributed by atoms with Crippen molar-refractivity contribution in [2.45, 2.75) is 59.3 Å². The molecule has 2 unspecified atom stereocenters. The van der Waals surface area contributed by atoms with Gasteiger partial charge in [0.1, 0.15) is 0 Å². The van der Waals surface area contributed by atoms with Gasteiger partial charge in [0.05, 0.1) is 0 Å². The first-order valence-corrected chi connectivity index (χ1v) is 7.79. The highest BCUT2D eigenvalue weighted by Gasteiger charge is 2.32. The number of thioether (sulfide) groups is 1. The van der Waals surface area contributed by atoms with E-state index >= 15 is 0 Å². The lowest BCUT2D eigenvalue weighted by Gasteiger charge is -2.40. The van der Waals surface area contributed by atoms with Crippen LogP contribution in [0.5, 0.6) is 0 Å². The van der Waals surface area contributed by atoms with Crippen LogP contribution in [0.1, 0.15) is 48.0 Å². The van der Waals surface area contributed by atoms with Crippen LogP contribution in [-0.2, 0) is 4.79 Å². The van der Waals surface area contributed by atoms with Crippen molar-refractivity contribution in [1.29, 1.82) is 0 Å². The van der Waals surface area contributed by atoms with Crippen molar-refractivity contribution >= 4 is 18.2 Å². The number of hydrogen-bond donors (Lipinski definition) is 0. The molecule has 0 aromatic rings. The predicted octanol–water partition coefficient (Wildman–Crippen LogP) is 3.66. The Morgan fingerprint density at radius 3 is 2.06 bits per heavy atom. The molecule has 0 radical (unpaired) electrons. The lowest BCUT2D eigenvalue weighted by atomic mass is 9.75. The highest BCUT2D eigenvalue weighted by molar-refractivity contribution is 7.99. The minimum absolute atomic E-state index is 0.202. The first-order chi connectivity index (χ1) is 7.76. The van der Waals surface area contributed by atoms with Gasteiger partial charge < -0.3 is 4.90 Å². The van der Waals surface area contributed by atoms with Gasteiger partial charge >= 0.3 is 0 Å². The maximum absolute atomic E-state index is 11.1. The van der Waals surface area contributed by atoms with Gasteiger partial charge in [-0.05, 0) is 37.9 Å². The van der Waals surface area contributed by atoms with Crippen molar-refractivity contribution in [1.82, 2.24) is 4.90 Å². The molecule has 1 amide bonds. The normalized spacial score (nSPS) is 17.0. The summed E-state index contributed by atoms with van der Waals surface area (Å²) in [7, 11) is 0. The zero-order valence-corrected chi connectivity index (χ0v) is 13.3. The molecule has 0 N–H and O–H groups in total. The maximum atomic E-state index is 11.1. The zero-order valence-electron chi connectivity index (χ0n) is 12.5. The van der Waals surface area contributed by atoms with E-state index in [4.69, 9.17) is 0 Å². The van der Waals surface area contributed by atoms with Crippen LogP contribution in [0.3, 0.4) is 0 Å². The van der Waals surface area contributed by atoms with Crippen molar-refractivity contribution in [3.63, 3.8) is 0 Å². The van der Waals surface area contributed by atoms with Gasteiger partial charge in [0.15, 0.2) is 0 Å². The van der Waals surface area contributed by atoms with E-state index in [0.717, 1.165) is 19.4 Å². The fraction of sp³-hybridized carbons (Fsp3) is 0.929. The Morgan fingerprint density at radius 1 is 1.24 bits per heavy atom. The number of hydrogen-bond acceptors (Lipinski definition) is 2. The summed E-state index contributed by atoms with van der Waals surface area (Å²) in [6.07, 6.45) is 4.31. The van der Waals surface area contributed by atoms with Gasteiger partial charge in [-0.3, -0.25) is 4.79 Å². The third kappa shape index (κ3) is 5.33. The summed E-state index contributed by atoms with van der Waals surface area (Å²) in [5.74, 6) is 0.582. The molecule has 2 atom stereocenters. The van der Waals surface area contributed by atoms with Gasteiger partial charge in [0, 0.05) is 17.8 Å². The van der Waals surface area contributed by atoms with E-state index in [-0.39, 0.29) is 11.5 Å². The summed E-state index contributed by atoms with van der Waals surface area (Å²) >= 11 is 1.91. The molecule has 0 saturated carbocycles. The van der Waals surface area contributed by atoms with Gasteiger partial charge in [-0.25, -0.2) is 0 Å². The van der Waals surface area contributed by atoms with Crippen LogP contribution in [0, 0.1) is 11.3 Å². The standard InChI is InChI=1S/C14H29NOS/c1-11(2)14(6,8-13(5)17-7)9-15(10-16)12(3)4/h10-13H,8-9H2,1-7H3. The Labute approximate surface area is 112 Å². The molecule has 0 heterocycles. The second-order valence-corrected chi connectivity index (χ2v) is 7.21. The lowest BCUT2D eigenvalue weighted by Crippen LogP contribution is -2.43. The minimum Gasteiger partial charge on any atom is -0.342 e. The smallest absolute Gasteiger partial charge is 0.209 e. The average Bonchev–Trinajstić information content (AvgIpc) is 2.25. The second-order valence-electron chi connectivity index (χ2n) is 5.93. The fourth-order valence-electron chi connectivity index (χ4n) is 1.98. The van der Waals surface area contributed by atoms with Gasteiger partial charge in [0.2, 0.25) is 6.41 Å². The summed E-state index contributed by atoms with van der Waals surface area (Å²) in [6.45, 7) is 14.1. The molecule has 3 heteroatoms. The number of nitrogens with zero attached hydrogens (tertiary/aromatic N) is 1. The van der Waals surface area contributed by atoms with Crippen LogP contribution in [0.15, 0.2) is 0 Å². The molecule has 0 aliphatic rings. The SMILES string of the molecule is CSC(C)CC(C)(CN(C=O)C(C)C)C(C)C. The summed E-state index contributed by atoms with van der Waals surface area (Å²) in [5, 5.41) is 0.642. The van der Waals surface area contributed by atoms with Gasteiger partial charge in [0.25, 0.3) is 0 Å². The monoisotopic (exact) mass is 259 g/mol. The van der Waals surface area contributed by atoms with Crippen LogP contribution in [-0.4, -0.2) is 35.4 Å². The van der Waals surface area contributed by atoms with Crippen molar-refractivity contribution in [2.75, 3.05) is 12.8 Å². The topological polar surface area (TPSA) is 20.3 Å². The van der Waals surface area contributed by atoms with E-state index in [9.17, 15) is 4.79 Å². The molecule has 0 bridgehead atoms. The van der Waals surface area contributed by atoms with Crippen LogP contribution < -0.4 is 0 Å². The molecule has 0 aliphatic heterocycles. The van der Waals surface area contributed by atoms with E-state index in [1.54, 1.807) is 0 Å². The van der Waals surface area contributed by atoms with Gasteiger partial charge in [-0.15, -0.1) is 0 Å². The Kier molecular flexibility index (Phi) is 7.22. The molecule has 0 aromatic heterocycles. The highest BCUT2D eigenvalue weighted by atomic mass is 32.2. The molecule has 0 saturated heterocycles. The summed E-state index contributed by atoms with van der Waals surface area (Å²) in [6, 6.07) is 0.287. The average molecular weight is 259 g/mol. The van der Waals surface area contributed by atoms with E-state index in [0.29, 0.717) is 11.2 Å². The van der Waals surface area contributed by atoms with Gasteiger partial charge in [-0.2, -0.15) is 11.8 Å². The second kappa shape index (κ2) is 7.30. The Hall–Kier alpha value is -0.180. The summed E-state index contributed by atoms with van der Waals surface area (Å²) in [5.41, 5.74) is 0.202. The van der Waals surface area contributed by atoms with E-state index in [1.165, 1.54) is 0 Å². The predicted molar refractivity (Wildman–Crippen MR) is 78.4 cm³/mol. The van der Waals surface area contributed by atoms with E-state index in [2.05, 4.69) is 47.8 Å². The van der Waals surface area contributed by atoms with Crippen molar-refractivity contribution < 1.29 is 4.79 Å². The largest absolute Gasteiger partial charge is 0.342 e. The van der Waals surface area contributed by atoms with Gasteiger partial charge in [-0.1, -0.05) is 27.7 Å². The molecular formula is C14H29NOS. The Bertz CT molecular complexity index is 230. The third-order valence-electron chi connectivity index (χ3n) is 3.89. The zero-order chi connectivity index (χ0) is 13.6. The molecular weight excluding hydrogens is 230 g/mol. The third-order valence-corrected chi connectivity index (χ3v) is 4.86.